The number of likely N-dealkylation sites (N-methyl/N-ethyl adjacent to an activating group) is 1. The summed E-state index contributed by atoms with van der Waals surface area (Å²) in [7, 11) is 2.04. The van der Waals surface area contributed by atoms with Crippen LogP contribution in [0.15, 0.2) is 18.2 Å². The number of piperidine rings is 1. The number of hydrogen-bond acceptors (Lipinski definition) is 2. The van der Waals surface area contributed by atoms with E-state index in [9.17, 15) is 0 Å². The van der Waals surface area contributed by atoms with E-state index in [1.807, 2.05) is 19.2 Å². The van der Waals surface area contributed by atoms with Crippen LogP contribution in [0.25, 0.3) is 0 Å². The van der Waals surface area contributed by atoms with Gasteiger partial charge in [0, 0.05) is 29.8 Å². The first-order chi connectivity index (χ1) is 7.70. The fraction of sp³-hybridized carbons (Fsp3) is 0.538. The average Bonchev–Trinajstić information content (AvgIpc) is 2.29. The first-order valence-corrected chi connectivity index (χ1v) is 6.27. The maximum Gasteiger partial charge on any atom is 0.0410 e. The van der Waals surface area contributed by atoms with Crippen molar-refractivity contribution in [1.29, 1.82) is 0 Å². The molecule has 0 saturated carbocycles. The van der Waals surface area contributed by atoms with Crippen molar-refractivity contribution in [2.45, 2.75) is 25.8 Å². The third-order valence-corrected chi connectivity index (χ3v) is 3.56. The lowest BCUT2D eigenvalue weighted by molar-refractivity contribution is 0.449. The van der Waals surface area contributed by atoms with Gasteiger partial charge >= 0.3 is 0 Å². The normalized spacial score (nSPS) is 21.2. The molecule has 16 heavy (non-hydrogen) atoms. The van der Waals surface area contributed by atoms with Crippen LogP contribution in [0, 0.1) is 6.92 Å². The van der Waals surface area contributed by atoms with Crippen molar-refractivity contribution in [3.63, 3.8) is 0 Å². The minimum Gasteiger partial charge on any atom is -0.370 e. The zero-order valence-corrected chi connectivity index (χ0v) is 10.7. The van der Waals surface area contributed by atoms with E-state index in [0.717, 1.165) is 18.1 Å². The van der Waals surface area contributed by atoms with Crippen LogP contribution in [0.1, 0.15) is 18.4 Å². The van der Waals surface area contributed by atoms with Crippen LogP contribution in [0.2, 0.25) is 5.02 Å². The molecule has 0 aliphatic carbocycles. The summed E-state index contributed by atoms with van der Waals surface area (Å²) in [5, 5.41) is 4.19. The lowest BCUT2D eigenvalue weighted by Crippen LogP contribution is -2.44. The molecular weight excluding hydrogens is 220 g/mol. The zero-order valence-electron chi connectivity index (χ0n) is 9.96. The summed E-state index contributed by atoms with van der Waals surface area (Å²) >= 11 is 5.98. The number of nitrogens with zero attached hydrogens (tertiary/aromatic N) is 1. The van der Waals surface area contributed by atoms with Crippen molar-refractivity contribution in [3.8, 4) is 0 Å². The number of hydrogen-bond donors (Lipinski definition) is 1. The molecule has 1 atom stereocenters. The van der Waals surface area contributed by atoms with Gasteiger partial charge in [-0.2, -0.15) is 0 Å². The molecule has 0 bridgehead atoms. The summed E-state index contributed by atoms with van der Waals surface area (Å²) in [6.45, 7) is 4.38. The van der Waals surface area contributed by atoms with Gasteiger partial charge in [-0.15, -0.1) is 0 Å². The molecule has 0 aromatic heterocycles. The molecule has 2 nitrogen and oxygen atoms in total. The lowest BCUT2D eigenvalue weighted by Gasteiger charge is -2.35. The van der Waals surface area contributed by atoms with Crippen molar-refractivity contribution in [2.24, 2.45) is 0 Å². The number of anilines is 1. The predicted octanol–water partition coefficient (Wildman–Crippen LogP) is 2.84. The molecule has 3 heteroatoms. The van der Waals surface area contributed by atoms with Crippen molar-refractivity contribution in [3.05, 3.63) is 28.8 Å². The smallest absolute Gasteiger partial charge is 0.0410 e. The molecule has 1 saturated heterocycles. The molecule has 1 fully saturated rings. The minimum atomic E-state index is 0.615. The largest absolute Gasteiger partial charge is 0.370 e. The zero-order chi connectivity index (χ0) is 11.5. The quantitative estimate of drug-likeness (QED) is 0.853. The van der Waals surface area contributed by atoms with E-state index in [4.69, 9.17) is 11.6 Å². The molecule has 1 heterocycles. The van der Waals surface area contributed by atoms with E-state index in [1.165, 1.54) is 24.1 Å². The molecule has 0 spiro atoms. The average molecular weight is 239 g/mol. The van der Waals surface area contributed by atoms with Crippen LogP contribution >= 0.6 is 11.6 Å². The third-order valence-electron chi connectivity index (χ3n) is 3.33. The van der Waals surface area contributed by atoms with Crippen molar-refractivity contribution in [1.82, 2.24) is 5.32 Å². The van der Waals surface area contributed by atoms with Crippen LogP contribution in [-0.4, -0.2) is 26.2 Å². The molecule has 88 valence electrons. The second-order valence-electron chi connectivity index (χ2n) is 4.50. The topological polar surface area (TPSA) is 15.3 Å². The van der Waals surface area contributed by atoms with Gasteiger partial charge in [-0.1, -0.05) is 11.6 Å². The first kappa shape index (κ1) is 11.7. The van der Waals surface area contributed by atoms with Crippen molar-refractivity contribution in [2.75, 3.05) is 25.0 Å². The summed E-state index contributed by atoms with van der Waals surface area (Å²) in [4.78, 5) is 2.45. The van der Waals surface area contributed by atoms with Crippen molar-refractivity contribution >= 4 is 17.3 Å². The minimum absolute atomic E-state index is 0.615. The first-order valence-electron chi connectivity index (χ1n) is 5.89. The number of nitrogens with one attached hydrogen (secondary N) is 1. The fourth-order valence-corrected chi connectivity index (χ4v) is 2.63. The Kier molecular flexibility index (Phi) is 3.72. The standard InChI is InChI=1S/C13H19ClN2/c1-10-8-11(14)5-6-13(10)16-7-3-4-12(9-16)15-2/h5-6,8,12,15H,3-4,7,9H2,1-2H3/t12-/m0/s1. The highest BCUT2D eigenvalue weighted by Gasteiger charge is 2.19. The highest BCUT2D eigenvalue weighted by molar-refractivity contribution is 6.30. The Labute approximate surface area is 103 Å². The Morgan fingerprint density at radius 1 is 1.44 bits per heavy atom. The van der Waals surface area contributed by atoms with E-state index in [0.29, 0.717) is 6.04 Å². The van der Waals surface area contributed by atoms with Gasteiger partial charge in [0.25, 0.3) is 0 Å². The van der Waals surface area contributed by atoms with Crippen molar-refractivity contribution < 1.29 is 0 Å². The van der Waals surface area contributed by atoms with Crippen LogP contribution in [-0.2, 0) is 0 Å². The molecule has 1 aliphatic heterocycles. The van der Waals surface area contributed by atoms with Gasteiger partial charge in [-0.05, 0) is 50.6 Å². The van der Waals surface area contributed by atoms with Gasteiger partial charge in [0.2, 0.25) is 0 Å². The van der Waals surface area contributed by atoms with Crippen LogP contribution < -0.4 is 10.2 Å². The number of aryl methyl sites for hydroxylation is 1. The Morgan fingerprint density at radius 3 is 2.94 bits per heavy atom. The summed E-state index contributed by atoms with van der Waals surface area (Å²) < 4.78 is 0. The van der Waals surface area contributed by atoms with Gasteiger partial charge < -0.3 is 10.2 Å². The Balaban J connectivity index is 2.16. The van der Waals surface area contributed by atoms with Gasteiger partial charge in [0.05, 0.1) is 0 Å². The second kappa shape index (κ2) is 5.07. The number of rotatable bonds is 2. The fourth-order valence-electron chi connectivity index (χ4n) is 2.41. The molecule has 0 amide bonds. The van der Waals surface area contributed by atoms with Gasteiger partial charge in [0.15, 0.2) is 0 Å². The van der Waals surface area contributed by atoms with E-state index < -0.39 is 0 Å². The monoisotopic (exact) mass is 238 g/mol. The van der Waals surface area contributed by atoms with E-state index >= 15 is 0 Å². The Bertz CT molecular complexity index is 365. The van der Waals surface area contributed by atoms with Crippen LogP contribution in [0.3, 0.4) is 0 Å². The predicted molar refractivity (Wildman–Crippen MR) is 70.5 cm³/mol. The van der Waals surface area contributed by atoms with Gasteiger partial charge in [0.1, 0.15) is 0 Å². The molecule has 1 aromatic rings. The summed E-state index contributed by atoms with van der Waals surface area (Å²) in [5.41, 5.74) is 2.59. The maximum absolute atomic E-state index is 5.98. The molecule has 2 rings (SSSR count). The lowest BCUT2D eigenvalue weighted by atomic mass is 10.0. The van der Waals surface area contributed by atoms with Gasteiger partial charge in [-0.25, -0.2) is 0 Å². The summed E-state index contributed by atoms with van der Waals surface area (Å²) in [6, 6.07) is 6.77. The maximum atomic E-state index is 5.98. The number of benzene rings is 1. The molecule has 1 aromatic carbocycles. The summed E-state index contributed by atoms with van der Waals surface area (Å²) in [6.07, 6.45) is 2.53. The van der Waals surface area contributed by atoms with E-state index in [1.54, 1.807) is 0 Å². The Hall–Kier alpha value is -0.730. The molecular formula is C13H19ClN2. The van der Waals surface area contributed by atoms with Gasteiger partial charge in [-0.3, -0.25) is 0 Å². The molecule has 0 unspecified atom stereocenters. The van der Waals surface area contributed by atoms with E-state index in [2.05, 4.69) is 23.2 Å². The van der Waals surface area contributed by atoms with E-state index in [-0.39, 0.29) is 0 Å². The Morgan fingerprint density at radius 2 is 2.25 bits per heavy atom. The molecule has 1 N–H and O–H groups in total. The SMILES string of the molecule is CN[C@H]1CCCN(c2ccc(Cl)cc2C)C1. The number of halogens is 1. The highest BCUT2D eigenvalue weighted by Crippen LogP contribution is 2.26. The molecule has 1 aliphatic rings. The third kappa shape index (κ3) is 2.50. The summed E-state index contributed by atoms with van der Waals surface area (Å²) in [5.74, 6) is 0. The van der Waals surface area contributed by atoms with Crippen LogP contribution in [0.4, 0.5) is 5.69 Å². The molecule has 0 radical (unpaired) electrons. The van der Waals surface area contributed by atoms with Crippen LogP contribution in [0.5, 0.6) is 0 Å². The second-order valence-corrected chi connectivity index (χ2v) is 4.94. The highest BCUT2D eigenvalue weighted by atomic mass is 35.5.